The fourth-order valence-corrected chi connectivity index (χ4v) is 5.24. The van der Waals surface area contributed by atoms with E-state index < -0.39 is 29.0 Å². The van der Waals surface area contributed by atoms with E-state index >= 15 is 0 Å². The van der Waals surface area contributed by atoms with Gasteiger partial charge in [-0.15, -0.1) is 0 Å². The number of methoxy groups -OCH3 is 2. The minimum Gasteiger partial charge on any atom is -0.497 e. The average Bonchev–Trinajstić information content (AvgIpc) is 3.45. The molecule has 1 aliphatic heterocycles. The van der Waals surface area contributed by atoms with Gasteiger partial charge in [0.2, 0.25) is 0 Å². The Labute approximate surface area is 259 Å². The number of fused-ring (bicyclic) bond motifs is 1. The number of benzene rings is 2. The molecule has 0 saturated heterocycles. The SMILES string of the molecule is COc1ccc(CN2CCn3nc(C(C)OCC(C)Nc4cnn(Cc5ccc(OC)cc5)c(=O)c4C(F)(F)F)cc3C2)cc1. The van der Waals surface area contributed by atoms with Crippen LogP contribution in [0.15, 0.2) is 65.6 Å². The van der Waals surface area contributed by atoms with Crippen molar-refractivity contribution in [3.8, 4) is 11.5 Å². The van der Waals surface area contributed by atoms with Gasteiger partial charge in [0.25, 0.3) is 5.56 Å². The van der Waals surface area contributed by atoms with Crippen molar-refractivity contribution in [2.75, 3.05) is 32.7 Å². The summed E-state index contributed by atoms with van der Waals surface area (Å²) in [6, 6.07) is 16.2. The van der Waals surface area contributed by atoms with Crippen molar-refractivity contribution in [2.24, 2.45) is 0 Å². The van der Waals surface area contributed by atoms with E-state index in [1.165, 1.54) is 12.7 Å². The molecule has 45 heavy (non-hydrogen) atoms. The van der Waals surface area contributed by atoms with Crippen molar-refractivity contribution in [3.63, 3.8) is 0 Å². The maximum absolute atomic E-state index is 14.1. The first-order valence-electron chi connectivity index (χ1n) is 14.6. The Morgan fingerprint density at radius 1 is 0.933 bits per heavy atom. The highest BCUT2D eigenvalue weighted by Crippen LogP contribution is 2.32. The fourth-order valence-electron chi connectivity index (χ4n) is 5.24. The molecular formula is C32H37F3N6O4. The number of rotatable bonds is 12. The summed E-state index contributed by atoms with van der Waals surface area (Å²) in [6.07, 6.45) is -4.23. The number of hydrogen-bond donors (Lipinski definition) is 1. The molecule has 13 heteroatoms. The number of hydrogen-bond acceptors (Lipinski definition) is 8. The van der Waals surface area contributed by atoms with Gasteiger partial charge in [-0.25, -0.2) is 4.68 Å². The average molecular weight is 627 g/mol. The number of nitrogens with one attached hydrogen (secondary N) is 1. The second-order valence-electron chi connectivity index (χ2n) is 11.1. The van der Waals surface area contributed by atoms with Gasteiger partial charge in [0.15, 0.2) is 0 Å². The predicted molar refractivity (Wildman–Crippen MR) is 162 cm³/mol. The third-order valence-electron chi connectivity index (χ3n) is 7.69. The van der Waals surface area contributed by atoms with Crippen LogP contribution in [-0.2, 0) is 37.1 Å². The molecule has 4 aromatic rings. The molecule has 0 spiro atoms. The quantitative estimate of drug-likeness (QED) is 0.232. The normalized spacial score (nSPS) is 14.9. The van der Waals surface area contributed by atoms with Crippen LogP contribution in [0.1, 0.15) is 48.0 Å². The molecule has 2 aromatic heterocycles. The number of alkyl halides is 3. The Kier molecular flexibility index (Phi) is 9.78. The highest BCUT2D eigenvalue weighted by atomic mass is 19.4. The van der Waals surface area contributed by atoms with Crippen LogP contribution < -0.4 is 20.3 Å². The van der Waals surface area contributed by atoms with E-state index in [0.717, 1.165) is 54.2 Å². The van der Waals surface area contributed by atoms with Gasteiger partial charge in [-0.1, -0.05) is 24.3 Å². The lowest BCUT2D eigenvalue weighted by atomic mass is 10.2. The summed E-state index contributed by atoms with van der Waals surface area (Å²) in [4.78, 5) is 15.3. The molecule has 0 aliphatic carbocycles. The highest BCUT2D eigenvalue weighted by Gasteiger charge is 2.38. The summed E-state index contributed by atoms with van der Waals surface area (Å²) in [5.41, 5.74) is 0.712. The number of nitrogens with zero attached hydrogens (tertiary/aromatic N) is 5. The molecule has 1 aliphatic rings. The third-order valence-corrected chi connectivity index (χ3v) is 7.69. The fraction of sp³-hybridized carbons (Fsp3) is 0.406. The van der Waals surface area contributed by atoms with Crippen molar-refractivity contribution in [2.45, 2.75) is 58.3 Å². The van der Waals surface area contributed by atoms with Gasteiger partial charge < -0.3 is 19.5 Å². The first-order chi connectivity index (χ1) is 21.5. The predicted octanol–water partition coefficient (Wildman–Crippen LogP) is 5.12. The topological polar surface area (TPSA) is 95.7 Å². The monoisotopic (exact) mass is 626 g/mol. The van der Waals surface area contributed by atoms with E-state index in [-0.39, 0.29) is 19.3 Å². The lowest BCUT2D eigenvalue weighted by Gasteiger charge is -2.27. The van der Waals surface area contributed by atoms with E-state index in [1.54, 1.807) is 38.3 Å². The molecule has 3 heterocycles. The van der Waals surface area contributed by atoms with Gasteiger partial charge in [-0.05, 0) is 55.3 Å². The van der Waals surface area contributed by atoms with E-state index in [4.69, 9.17) is 19.3 Å². The molecule has 0 saturated carbocycles. The van der Waals surface area contributed by atoms with E-state index in [0.29, 0.717) is 11.3 Å². The van der Waals surface area contributed by atoms with E-state index in [9.17, 15) is 18.0 Å². The van der Waals surface area contributed by atoms with Crippen molar-refractivity contribution < 1.29 is 27.4 Å². The smallest absolute Gasteiger partial charge is 0.423 e. The van der Waals surface area contributed by atoms with Gasteiger partial charge in [0, 0.05) is 25.7 Å². The van der Waals surface area contributed by atoms with Gasteiger partial charge in [-0.2, -0.15) is 23.4 Å². The Morgan fingerprint density at radius 3 is 2.16 bits per heavy atom. The van der Waals surface area contributed by atoms with Crippen molar-refractivity contribution in [1.29, 1.82) is 0 Å². The Balaban J connectivity index is 1.19. The van der Waals surface area contributed by atoms with Crippen LogP contribution >= 0.6 is 0 Å². The van der Waals surface area contributed by atoms with Crippen LogP contribution in [0.4, 0.5) is 18.9 Å². The van der Waals surface area contributed by atoms with Gasteiger partial charge in [0.05, 0.1) is 63.3 Å². The maximum atomic E-state index is 14.1. The molecule has 5 rings (SSSR count). The molecule has 0 amide bonds. The first kappa shape index (κ1) is 32.0. The number of ether oxygens (including phenoxy) is 3. The molecule has 1 N–H and O–H groups in total. The van der Waals surface area contributed by atoms with Gasteiger partial charge in [0.1, 0.15) is 17.1 Å². The van der Waals surface area contributed by atoms with Crippen molar-refractivity contribution >= 4 is 5.69 Å². The summed E-state index contributed by atoms with van der Waals surface area (Å²) in [5.74, 6) is 1.42. The van der Waals surface area contributed by atoms with Crippen LogP contribution in [0, 0.1) is 0 Å². The van der Waals surface area contributed by atoms with Gasteiger partial charge >= 0.3 is 6.18 Å². The zero-order chi connectivity index (χ0) is 32.1. The third kappa shape index (κ3) is 7.84. The second kappa shape index (κ2) is 13.7. The summed E-state index contributed by atoms with van der Waals surface area (Å²) in [5, 5.41) is 11.5. The molecule has 2 unspecified atom stereocenters. The summed E-state index contributed by atoms with van der Waals surface area (Å²) >= 11 is 0. The zero-order valence-corrected chi connectivity index (χ0v) is 25.7. The molecule has 10 nitrogen and oxygen atoms in total. The zero-order valence-electron chi connectivity index (χ0n) is 25.7. The van der Waals surface area contributed by atoms with Crippen LogP contribution in [0.5, 0.6) is 11.5 Å². The van der Waals surface area contributed by atoms with Gasteiger partial charge in [-0.3, -0.25) is 14.4 Å². The molecule has 0 fully saturated rings. The summed E-state index contributed by atoms with van der Waals surface area (Å²) in [6.45, 7) is 6.65. The second-order valence-corrected chi connectivity index (χ2v) is 11.1. The maximum Gasteiger partial charge on any atom is 0.423 e. The number of aromatic nitrogens is 4. The highest BCUT2D eigenvalue weighted by molar-refractivity contribution is 5.50. The molecule has 240 valence electrons. The molecule has 2 aromatic carbocycles. The van der Waals surface area contributed by atoms with Crippen LogP contribution in [0.25, 0.3) is 0 Å². The minimum absolute atomic E-state index is 0.0825. The van der Waals surface area contributed by atoms with Crippen LogP contribution in [0.3, 0.4) is 0 Å². The minimum atomic E-state index is -4.88. The molecule has 0 radical (unpaired) electrons. The van der Waals surface area contributed by atoms with Crippen molar-refractivity contribution in [3.05, 3.63) is 99.2 Å². The summed E-state index contributed by atoms with van der Waals surface area (Å²) < 4.78 is 61.3. The molecule has 2 atom stereocenters. The molecular weight excluding hydrogens is 589 g/mol. The van der Waals surface area contributed by atoms with Crippen LogP contribution in [-0.4, -0.2) is 57.9 Å². The molecule has 0 bridgehead atoms. The Bertz CT molecular complexity index is 1640. The van der Waals surface area contributed by atoms with E-state index in [2.05, 4.69) is 27.4 Å². The van der Waals surface area contributed by atoms with Crippen molar-refractivity contribution in [1.82, 2.24) is 24.5 Å². The number of halogens is 3. The number of anilines is 1. The lowest BCUT2D eigenvalue weighted by molar-refractivity contribution is -0.138. The largest absolute Gasteiger partial charge is 0.497 e. The standard InChI is InChI=1S/C32H37F3N6O4/c1-21(37-29-16-36-41(31(42)30(29)32(33,34)35)18-24-7-11-27(44-4)12-8-24)20-45-22(2)28-15-25-19-39(13-14-40(25)38-28)17-23-5-9-26(43-3)10-6-23/h5-12,15-16,21-22,37H,13-14,17-20H2,1-4H3. The first-order valence-corrected chi connectivity index (χ1v) is 14.6. The Morgan fingerprint density at radius 2 is 1.56 bits per heavy atom. The lowest BCUT2D eigenvalue weighted by Crippen LogP contribution is -2.34. The van der Waals surface area contributed by atoms with Crippen LogP contribution in [0.2, 0.25) is 0 Å². The van der Waals surface area contributed by atoms with E-state index in [1.807, 2.05) is 29.8 Å². The summed E-state index contributed by atoms with van der Waals surface area (Å²) in [7, 11) is 3.16. The Hall–Kier alpha value is -4.36.